The molecule has 23 heavy (non-hydrogen) atoms. The number of benzene rings is 2. The van der Waals surface area contributed by atoms with Crippen LogP contribution in [0.25, 0.3) is 0 Å². The molecule has 0 radical (unpaired) electrons. The van der Waals surface area contributed by atoms with Crippen LogP contribution >= 0.6 is 0 Å². The highest BCUT2D eigenvalue weighted by atomic mass is 19.1. The predicted octanol–water partition coefficient (Wildman–Crippen LogP) is 3.94. The van der Waals surface area contributed by atoms with Gasteiger partial charge in [-0.2, -0.15) is 0 Å². The zero-order valence-electron chi connectivity index (χ0n) is 13.8. The van der Waals surface area contributed by atoms with Crippen molar-refractivity contribution in [2.24, 2.45) is 0 Å². The van der Waals surface area contributed by atoms with E-state index in [9.17, 15) is 9.18 Å². The zero-order chi connectivity index (χ0) is 16.9. The third-order valence-electron chi connectivity index (χ3n) is 3.89. The van der Waals surface area contributed by atoms with Crippen LogP contribution in [0.2, 0.25) is 0 Å². The minimum atomic E-state index is -0.478. The van der Waals surface area contributed by atoms with Gasteiger partial charge in [-0.15, -0.1) is 0 Å². The largest absolute Gasteiger partial charge is 0.337 e. The Labute approximate surface area is 137 Å². The Kier molecular flexibility index (Phi) is 5.37. The highest BCUT2D eigenvalue weighted by molar-refractivity contribution is 5.74. The van der Waals surface area contributed by atoms with Gasteiger partial charge in [0, 0.05) is 25.6 Å². The highest BCUT2D eigenvalue weighted by Gasteiger charge is 2.25. The van der Waals surface area contributed by atoms with Crippen molar-refractivity contribution in [3.63, 3.8) is 0 Å². The molecule has 0 heterocycles. The van der Waals surface area contributed by atoms with Crippen molar-refractivity contribution in [2.45, 2.75) is 25.8 Å². The van der Waals surface area contributed by atoms with Crippen molar-refractivity contribution >= 4 is 6.03 Å². The summed E-state index contributed by atoms with van der Waals surface area (Å²) >= 11 is 0. The fraction of sp³-hybridized carbons (Fsp3) is 0.316. The molecule has 122 valence electrons. The molecule has 0 aliphatic carbocycles. The van der Waals surface area contributed by atoms with Gasteiger partial charge in [0.2, 0.25) is 0 Å². The quantitative estimate of drug-likeness (QED) is 0.890. The van der Waals surface area contributed by atoms with Crippen LogP contribution in [0.3, 0.4) is 0 Å². The minimum absolute atomic E-state index is 0.168. The predicted molar refractivity (Wildman–Crippen MR) is 90.7 cm³/mol. The Morgan fingerprint density at radius 3 is 2.35 bits per heavy atom. The van der Waals surface area contributed by atoms with Crippen LogP contribution in [0.5, 0.6) is 0 Å². The lowest BCUT2D eigenvalue weighted by atomic mass is 9.84. The van der Waals surface area contributed by atoms with Crippen molar-refractivity contribution in [1.82, 2.24) is 10.2 Å². The van der Waals surface area contributed by atoms with Crippen molar-refractivity contribution in [3.8, 4) is 0 Å². The number of nitrogens with one attached hydrogen (secondary N) is 1. The second kappa shape index (κ2) is 7.27. The normalized spacial score (nSPS) is 11.1. The van der Waals surface area contributed by atoms with Crippen LogP contribution in [-0.2, 0) is 12.0 Å². The summed E-state index contributed by atoms with van der Waals surface area (Å²) in [5, 5.41) is 2.89. The summed E-state index contributed by atoms with van der Waals surface area (Å²) in [6.07, 6.45) is 0. The molecule has 0 aromatic heterocycles. The molecule has 0 aliphatic rings. The van der Waals surface area contributed by atoms with Gasteiger partial charge in [0.15, 0.2) is 0 Å². The van der Waals surface area contributed by atoms with E-state index in [-0.39, 0.29) is 11.8 Å². The summed E-state index contributed by atoms with van der Waals surface area (Å²) < 4.78 is 13.9. The van der Waals surface area contributed by atoms with Crippen molar-refractivity contribution < 1.29 is 9.18 Å². The number of carbonyl (C=O) groups excluding carboxylic acids is 1. The van der Waals surface area contributed by atoms with Gasteiger partial charge in [0.1, 0.15) is 5.82 Å². The molecule has 0 saturated heterocycles. The van der Waals surface area contributed by atoms with E-state index in [4.69, 9.17) is 0 Å². The smallest absolute Gasteiger partial charge is 0.317 e. The van der Waals surface area contributed by atoms with Crippen LogP contribution in [0.4, 0.5) is 9.18 Å². The number of urea groups is 1. The SMILES string of the molecule is CN(Cc1ccccc1)C(=O)NCC(C)(C)c1ccccc1F. The van der Waals surface area contributed by atoms with Crippen molar-refractivity contribution in [1.29, 1.82) is 0 Å². The van der Waals surface area contributed by atoms with E-state index in [0.717, 1.165) is 5.56 Å². The molecule has 0 unspecified atom stereocenters. The first-order valence-corrected chi connectivity index (χ1v) is 7.68. The molecule has 0 bridgehead atoms. The fourth-order valence-corrected chi connectivity index (χ4v) is 2.47. The standard InChI is InChI=1S/C19H23FN2O/c1-19(2,16-11-7-8-12-17(16)20)14-21-18(23)22(3)13-15-9-5-4-6-10-15/h4-12H,13-14H2,1-3H3,(H,21,23). The fourth-order valence-electron chi connectivity index (χ4n) is 2.47. The molecule has 0 spiro atoms. The van der Waals surface area contributed by atoms with E-state index >= 15 is 0 Å². The maximum atomic E-state index is 13.9. The maximum Gasteiger partial charge on any atom is 0.317 e. The minimum Gasteiger partial charge on any atom is -0.337 e. The first kappa shape index (κ1) is 17.0. The van der Waals surface area contributed by atoms with Gasteiger partial charge in [0.25, 0.3) is 0 Å². The number of halogens is 1. The molecular formula is C19H23FN2O. The number of carbonyl (C=O) groups is 1. The Bertz CT molecular complexity index is 655. The molecule has 2 aromatic rings. The summed E-state index contributed by atoms with van der Waals surface area (Å²) in [6, 6.07) is 16.3. The topological polar surface area (TPSA) is 32.3 Å². The lowest BCUT2D eigenvalue weighted by Gasteiger charge is -2.27. The zero-order valence-corrected chi connectivity index (χ0v) is 13.8. The van der Waals surface area contributed by atoms with E-state index in [1.54, 1.807) is 24.1 Å². The average Bonchev–Trinajstić information content (AvgIpc) is 2.54. The van der Waals surface area contributed by atoms with Gasteiger partial charge < -0.3 is 10.2 Å². The van der Waals surface area contributed by atoms with Crippen LogP contribution in [0, 0.1) is 5.82 Å². The van der Waals surface area contributed by atoms with Crippen LogP contribution < -0.4 is 5.32 Å². The van der Waals surface area contributed by atoms with E-state index < -0.39 is 5.41 Å². The van der Waals surface area contributed by atoms with Gasteiger partial charge in [-0.25, -0.2) is 9.18 Å². The molecular weight excluding hydrogens is 291 g/mol. The van der Waals surface area contributed by atoms with E-state index in [1.807, 2.05) is 50.2 Å². The third kappa shape index (κ3) is 4.55. The molecule has 0 atom stereocenters. The summed E-state index contributed by atoms with van der Waals surface area (Å²) in [6.45, 7) is 4.74. The average molecular weight is 314 g/mol. The Balaban J connectivity index is 1.94. The van der Waals surface area contributed by atoms with E-state index in [0.29, 0.717) is 18.7 Å². The molecule has 0 fully saturated rings. The molecule has 2 aromatic carbocycles. The molecule has 1 N–H and O–H groups in total. The van der Waals surface area contributed by atoms with Crippen LogP contribution in [0.1, 0.15) is 25.0 Å². The number of rotatable bonds is 5. The van der Waals surface area contributed by atoms with Gasteiger partial charge in [-0.3, -0.25) is 0 Å². The van der Waals surface area contributed by atoms with Gasteiger partial charge >= 0.3 is 6.03 Å². The molecule has 0 aliphatic heterocycles. The van der Waals surface area contributed by atoms with E-state index in [1.165, 1.54) is 6.07 Å². The molecule has 2 amide bonds. The van der Waals surface area contributed by atoms with Gasteiger partial charge in [-0.05, 0) is 17.2 Å². The number of amides is 2. The Hall–Kier alpha value is -2.36. The highest BCUT2D eigenvalue weighted by Crippen LogP contribution is 2.24. The maximum absolute atomic E-state index is 13.9. The van der Waals surface area contributed by atoms with Gasteiger partial charge in [-0.1, -0.05) is 62.4 Å². The van der Waals surface area contributed by atoms with Crippen molar-refractivity contribution in [3.05, 3.63) is 71.5 Å². The summed E-state index contributed by atoms with van der Waals surface area (Å²) in [5.74, 6) is -0.246. The summed E-state index contributed by atoms with van der Waals surface area (Å²) in [4.78, 5) is 13.8. The van der Waals surface area contributed by atoms with Crippen molar-refractivity contribution in [2.75, 3.05) is 13.6 Å². The first-order valence-electron chi connectivity index (χ1n) is 7.68. The number of nitrogens with zero attached hydrogens (tertiary/aromatic N) is 1. The molecule has 4 heteroatoms. The monoisotopic (exact) mass is 314 g/mol. The lowest BCUT2D eigenvalue weighted by Crippen LogP contribution is -2.43. The van der Waals surface area contributed by atoms with Gasteiger partial charge in [0.05, 0.1) is 0 Å². The first-order chi connectivity index (χ1) is 10.9. The molecule has 2 rings (SSSR count). The van der Waals surface area contributed by atoms with Crippen LogP contribution in [-0.4, -0.2) is 24.5 Å². The van der Waals surface area contributed by atoms with E-state index in [2.05, 4.69) is 5.32 Å². The summed E-state index contributed by atoms with van der Waals surface area (Å²) in [5.41, 5.74) is 1.19. The number of hydrogen-bond donors (Lipinski definition) is 1. The Morgan fingerprint density at radius 1 is 1.09 bits per heavy atom. The second-order valence-electron chi connectivity index (χ2n) is 6.36. The summed E-state index contributed by atoms with van der Waals surface area (Å²) in [7, 11) is 1.75. The number of hydrogen-bond acceptors (Lipinski definition) is 1. The second-order valence-corrected chi connectivity index (χ2v) is 6.36. The Morgan fingerprint density at radius 2 is 1.70 bits per heavy atom. The lowest BCUT2D eigenvalue weighted by molar-refractivity contribution is 0.204. The third-order valence-corrected chi connectivity index (χ3v) is 3.89. The molecule has 0 saturated carbocycles. The van der Waals surface area contributed by atoms with Crippen LogP contribution in [0.15, 0.2) is 54.6 Å². The molecule has 3 nitrogen and oxygen atoms in total.